The topological polar surface area (TPSA) is 72.2 Å². The minimum Gasteiger partial charge on any atom is -0.351 e. The van der Waals surface area contributed by atoms with Crippen molar-refractivity contribution in [1.29, 1.82) is 0 Å². The summed E-state index contributed by atoms with van der Waals surface area (Å²) in [7, 11) is 0. The number of nitro groups is 1. The predicted octanol–water partition coefficient (Wildman–Crippen LogP) is 3.04. The van der Waals surface area contributed by atoms with E-state index in [4.69, 9.17) is 0 Å². The summed E-state index contributed by atoms with van der Waals surface area (Å²) >= 11 is 0. The molecule has 2 rings (SSSR count). The highest BCUT2D eigenvalue weighted by Crippen LogP contribution is 2.43. The van der Waals surface area contributed by atoms with Gasteiger partial charge < -0.3 is 5.32 Å². The van der Waals surface area contributed by atoms with Gasteiger partial charge in [0.25, 0.3) is 5.91 Å². The summed E-state index contributed by atoms with van der Waals surface area (Å²) < 4.78 is 13.5. The number of benzene rings is 1. The zero-order chi connectivity index (χ0) is 14.8. The Kier molecular flexibility index (Phi) is 4.01. The minimum absolute atomic E-state index is 0.110. The molecule has 1 aromatic carbocycles. The van der Waals surface area contributed by atoms with Crippen LogP contribution in [0.1, 0.15) is 43.0 Å². The number of rotatable bonds is 5. The quantitative estimate of drug-likeness (QED) is 0.665. The summed E-state index contributed by atoms with van der Waals surface area (Å²) in [6.07, 6.45) is 4.37. The Hall–Kier alpha value is -1.98. The van der Waals surface area contributed by atoms with Crippen molar-refractivity contribution in [3.8, 4) is 0 Å². The van der Waals surface area contributed by atoms with Gasteiger partial charge in [0.05, 0.1) is 4.92 Å². The lowest BCUT2D eigenvalue weighted by Gasteiger charge is -2.41. The second-order valence-corrected chi connectivity index (χ2v) is 5.31. The standard InChI is InChI=1S/C14H17FN2O3/c1-2-14(6-3-7-14)9-16-13(18)10-4-5-12(17(19)20)11(15)8-10/h4-5,8H,2-3,6-7,9H2,1H3,(H,16,18). The van der Waals surface area contributed by atoms with Crippen molar-refractivity contribution in [3.05, 3.63) is 39.7 Å². The Labute approximate surface area is 116 Å². The van der Waals surface area contributed by atoms with Gasteiger partial charge >= 0.3 is 5.69 Å². The second kappa shape index (κ2) is 5.56. The molecule has 0 radical (unpaired) electrons. The number of nitrogens with one attached hydrogen (secondary N) is 1. The molecule has 0 saturated heterocycles. The zero-order valence-electron chi connectivity index (χ0n) is 11.3. The molecule has 0 heterocycles. The number of nitro benzene ring substituents is 1. The first-order valence-electron chi connectivity index (χ1n) is 6.69. The summed E-state index contributed by atoms with van der Waals surface area (Å²) in [6, 6.07) is 3.20. The molecule has 0 atom stereocenters. The van der Waals surface area contributed by atoms with Gasteiger partial charge in [-0.15, -0.1) is 0 Å². The molecule has 0 spiro atoms. The second-order valence-electron chi connectivity index (χ2n) is 5.31. The highest BCUT2D eigenvalue weighted by atomic mass is 19.1. The maximum Gasteiger partial charge on any atom is 0.304 e. The van der Waals surface area contributed by atoms with Crippen molar-refractivity contribution in [3.63, 3.8) is 0 Å². The van der Waals surface area contributed by atoms with Crippen LogP contribution < -0.4 is 5.32 Å². The smallest absolute Gasteiger partial charge is 0.304 e. The summed E-state index contributed by atoms with van der Waals surface area (Å²) in [5.41, 5.74) is -0.334. The van der Waals surface area contributed by atoms with Crippen LogP contribution in [-0.2, 0) is 0 Å². The lowest BCUT2D eigenvalue weighted by molar-refractivity contribution is -0.387. The fraction of sp³-hybridized carbons (Fsp3) is 0.500. The number of amides is 1. The maximum atomic E-state index is 13.5. The SMILES string of the molecule is CCC1(CNC(=O)c2ccc([N+](=O)[O-])c(F)c2)CCC1. The number of carbonyl (C=O) groups excluding carboxylic acids is 1. The summed E-state index contributed by atoms with van der Waals surface area (Å²) in [4.78, 5) is 21.6. The third kappa shape index (κ3) is 2.79. The van der Waals surface area contributed by atoms with Crippen molar-refractivity contribution in [2.75, 3.05) is 6.54 Å². The van der Waals surface area contributed by atoms with E-state index in [2.05, 4.69) is 12.2 Å². The molecule has 1 aromatic rings. The van der Waals surface area contributed by atoms with Crippen LogP contribution in [0, 0.1) is 21.3 Å². The van der Waals surface area contributed by atoms with E-state index in [1.807, 2.05) is 0 Å². The third-order valence-electron chi connectivity index (χ3n) is 4.19. The van der Waals surface area contributed by atoms with Gasteiger partial charge in [0.15, 0.2) is 0 Å². The molecule has 0 unspecified atom stereocenters. The summed E-state index contributed by atoms with van der Waals surface area (Å²) in [6.45, 7) is 2.66. The Balaban J connectivity index is 2.02. The van der Waals surface area contributed by atoms with Gasteiger partial charge in [0.1, 0.15) is 0 Å². The first kappa shape index (κ1) is 14.4. The van der Waals surface area contributed by atoms with Gasteiger partial charge in [0, 0.05) is 18.2 Å². The van der Waals surface area contributed by atoms with Crippen LogP contribution in [-0.4, -0.2) is 17.4 Å². The molecule has 6 heteroatoms. The van der Waals surface area contributed by atoms with E-state index in [-0.39, 0.29) is 11.0 Å². The van der Waals surface area contributed by atoms with Crippen LogP contribution >= 0.6 is 0 Å². The fourth-order valence-corrected chi connectivity index (χ4v) is 2.50. The molecule has 1 aliphatic rings. The molecule has 1 saturated carbocycles. The van der Waals surface area contributed by atoms with Crippen molar-refractivity contribution in [1.82, 2.24) is 5.32 Å². The molecule has 108 valence electrons. The number of hydrogen-bond acceptors (Lipinski definition) is 3. The van der Waals surface area contributed by atoms with E-state index in [0.717, 1.165) is 31.4 Å². The Morgan fingerprint density at radius 2 is 2.20 bits per heavy atom. The van der Waals surface area contributed by atoms with Crippen molar-refractivity contribution >= 4 is 11.6 Å². The van der Waals surface area contributed by atoms with E-state index in [0.29, 0.717) is 6.54 Å². The highest BCUT2D eigenvalue weighted by Gasteiger charge is 2.35. The number of halogens is 1. The van der Waals surface area contributed by atoms with Crippen LogP contribution in [0.3, 0.4) is 0 Å². The molecule has 1 amide bonds. The largest absolute Gasteiger partial charge is 0.351 e. The van der Waals surface area contributed by atoms with Crippen LogP contribution in [0.5, 0.6) is 0 Å². The van der Waals surface area contributed by atoms with Crippen molar-refractivity contribution in [2.24, 2.45) is 5.41 Å². The van der Waals surface area contributed by atoms with E-state index in [9.17, 15) is 19.3 Å². The zero-order valence-corrected chi connectivity index (χ0v) is 11.3. The molecular weight excluding hydrogens is 263 g/mol. The van der Waals surface area contributed by atoms with Crippen LogP contribution in [0.4, 0.5) is 10.1 Å². The Bertz CT molecular complexity index is 536. The van der Waals surface area contributed by atoms with E-state index >= 15 is 0 Å². The molecule has 0 bridgehead atoms. The van der Waals surface area contributed by atoms with Crippen LogP contribution in [0.25, 0.3) is 0 Å². The Morgan fingerprint density at radius 1 is 1.50 bits per heavy atom. The number of nitrogens with zero attached hydrogens (tertiary/aromatic N) is 1. The normalized spacial score (nSPS) is 16.3. The van der Waals surface area contributed by atoms with Gasteiger partial charge in [-0.2, -0.15) is 4.39 Å². The first-order valence-corrected chi connectivity index (χ1v) is 6.69. The van der Waals surface area contributed by atoms with E-state index in [1.165, 1.54) is 12.5 Å². The molecule has 20 heavy (non-hydrogen) atoms. The highest BCUT2D eigenvalue weighted by molar-refractivity contribution is 5.94. The fourth-order valence-electron chi connectivity index (χ4n) is 2.50. The van der Waals surface area contributed by atoms with Crippen molar-refractivity contribution < 1.29 is 14.1 Å². The van der Waals surface area contributed by atoms with Gasteiger partial charge in [-0.1, -0.05) is 13.3 Å². The molecule has 1 N–H and O–H groups in total. The number of hydrogen-bond donors (Lipinski definition) is 1. The summed E-state index contributed by atoms with van der Waals surface area (Å²) in [5, 5.41) is 13.3. The minimum atomic E-state index is -0.989. The Morgan fingerprint density at radius 3 is 2.65 bits per heavy atom. The average molecular weight is 280 g/mol. The molecule has 0 aromatic heterocycles. The van der Waals surface area contributed by atoms with Crippen molar-refractivity contribution in [2.45, 2.75) is 32.6 Å². The summed E-state index contributed by atoms with van der Waals surface area (Å²) in [5.74, 6) is -1.38. The van der Waals surface area contributed by atoms with Crippen LogP contribution in [0.15, 0.2) is 18.2 Å². The van der Waals surface area contributed by atoms with Gasteiger partial charge in [-0.3, -0.25) is 14.9 Å². The molecular formula is C14H17FN2O3. The molecule has 1 fully saturated rings. The first-order chi connectivity index (χ1) is 9.47. The molecule has 1 aliphatic carbocycles. The van der Waals surface area contributed by atoms with Crippen LogP contribution in [0.2, 0.25) is 0 Å². The maximum absolute atomic E-state index is 13.5. The molecule has 5 nitrogen and oxygen atoms in total. The van der Waals surface area contributed by atoms with E-state index < -0.39 is 22.3 Å². The lowest BCUT2D eigenvalue weighted by Crippen LogP contribution is -2.41. The number of carbonyl (C=O) groups is 1. The predicted molar refractivity (Wildman–Crippen MR) is 72.0 cm³/mol. The van der Waals surface area contributed by atoms with E-state index in [1.54, 1.807) is 0 Å². The third-order valence-corrected chi connectivity index (χ3v) is 4.19. The monoisotopic (exact) mass is 280 g/mol. The van der Waals surface area contributed by atoms with Gasteiger partial charge in [-0.05, 0) is 36.8 Å². The van der Waals surface area contributed by atoms with Gasteiger partial charge in [-0.25, -0.2) is 0 Å². The van der Waals surface area contributed by atoms with Gasteiger partial charge in [0.2, 0.25) is 5.82 Å². The molecule has 0 aliphatic heterocycles. The average Bonchev–Trinajstić information content (AvgIpc) is 2.37. The lowest BCUT2D eigenvalue weighted by atomic mass is 9.67.